The smallest absolute Gasteiger partial charge is 0.0153 e. The molecular weight excluding hydrogens is 134 g/mol. The van der Waals surface area contributed by atoms with Crippen LogP contribution in [-0.4, -0.2) is 12.6 Å². The molecule has 0 radical (unpaired) electrons. The van der Waals surface area contributed by atoms with Gasteiger partial charge < -0.3 is 5.32 Å². The van der Waals surface area contributed by atoms with Crippen LogP contribution in [0.1, 0.15) is 33.1 Å². The molecule has 11 heavy (non-hydrogen) atoms. The Morgan fingerprint density at radius 1 is 1.64 bits per heavy atom. The van der Waals surface area contributed by atoms with Crippen LogP contribution in [0.25, 0.3) is 0 Å². The zero-order valence-electron chi connectivity index (χ0n) is 7.69. The summed E-state index contributed by atoms with van der Waals surface area (Å²) in [5, 5.41) is 3.54. The summed E-state index contributed by atoms with van der Waals surface area (Å²) >= 11 is 0. The third-order valence-corrected chi connectivity index (χ3v) is 2.73. The first kappa shape index (κ1) is 8.79. The van der Waals surface area contributed by atoms with E-state index in [-0.39, 0.29) is 0 Å². The lowest BCUT2D eigenvalue weighted by Crippen LogP contribution is -2.46. The van der Waals surface area contributed by atoms with E-state index in [0.717, 1.165) is 6.42 Å². The first-order valence-electron chi connectivity index (χ1n) is 4.51. The number of nitrogens with one attached hydrogen (secondary N) is 1. The maximum Gasteiger partial charge on any atom is 0.0153 e. The topological polar surface area (TPSA) is 12.0 Å². The number of hydrogen-bond donors (Lipinski definition) is 1. The molecule has 0 saturated carbocycles. The minimum atomic E-state index is 0.465. The first-order valence-corrected chi connectivity index (χ1v) is 4.51. The van der Waals surface area contributed by atoms with Gasteiger partial charge in [-0.3, -0.25) is 0 Å². The van der Waals surface area contributed by atoms with Crippen LogP contribution >= 0.6 is 0 Å². The van der Waals surface area contributed by atoms with Crippen molar-refractivity contribution in [2.24, 2.45) is 5.41 Å². The Morgan fingerprint density at radius 2 is 2.36 bits per heavy atom. The summed E-state index contributed by atoms with van der Waals surface area (Å²) in [6.07, 6.45) is 5.79. The summed E-state index contributed by atoms with van der Waals surface area (Å²) in [7, 11) is 0. The van der Waals surface area contributed by atoms with E-state index in [1.807, 2.05) is 6.08 Å². The van der Waals surface area contributed by atoms with E-state index in [0.29, 0.717) is 11.5 Å². The Labute approximate surface area is 69.9 Å². The van der Waals surface area contributed by atoms with Gasteiger partial charge in [-0.2, -0.15) is 0 Å². The molecule has 1 rings (SSSR count). The lowest BCUT2D eigenvalue weighted by molar-refractivity contribution is 0.181. The fraction of sp³-hybridized carbons (Fsp3) is 0.800. The molecule has 0 unspecified atom stereocenters. The molecule has 1 heterocycles. The van der Waals surface area contributed by atoms with Crippen LogP contribution in [0, 0.1) is 5.41 Å². The molecule has 1 saturated heterocycles. The minimum absolute atomic E-state index is 0.465. The van der Waals surface area contributed by atoms with Gasteiger partial charge in [0.2, 0.25) is 0 Å². The van der Waals surface area contributed by atoms with Gasteiger partial charge in [0.1, 0.15) is 0 Å². The van der Waals surface area contributed by atoms with Crippen molar-refractivity contribution in [3.05, 3.63) is 12.7 Å². The Balaban J connectivity index is 2.52. The van der Waals surface area contributed by atoms with E-state index >= 15 is 0 Å². The maximum atomic E-state index is 3.78. The highest BCUT2D eigenvalue weighted by atomic mass is 14.9. The molecule has 0 aromatic carbocycles. The van der Waals surface area contributed by atoms with Crippen LogP contribution in [0.15, 0.2) is 12.7 Å². The summed E-state index contributed by atoms with van der Waals surface area (Å²) in [6, 6.07) is 0.647. The standard InChI is InChI=1S/C10H19N/c1-4-6-9-10(2,3)7-5-8-11-9/h4,9,11H,1,5-8H2,2-3H3/t9-/m0/s1. The Bertz CT molecular complexity index is 138. The van der Waals surface area contributed by atoms with Gasteiger partial charge in [0, 0.05) is 6.04 Å². The normalized spacial score (nSPS) is 29.8. The number of piperidine rings is 1. The molecule has 0 aliphatic carbocycles. The average molecular weight is 153 g/mol. The zero-order valence-corrected chi connectivity index (χ0v) is 7.69. The molecule has 1 heteroatoms. The third kappa shape index (κ3) is 2.06. The van der Waals surface area contributed by atoms with Gasteiger partial charge in [-0.1, -0.05) is 19.9 Å². The molecule has 64 valence electrons. The van der Waals surface area contributed by atoms with Crippen molar-refractivity contribution in [1.82, 2.24) is 5.32 Å². The van der Waals surface area contributed by atoms with Crippen LogP contribution in [0.4, 0.5) is 0 Å². The van der Waals surface area contributed by atoms with E-state index < -0.39 is 0 Å². The van der Waals surface area contributed by atoms with Gasteiger partial charge in [0.05, 0.1) is 0 Å². The lowest BCUT2D eigenvalue weighted by atomic mass is 9.76. The van der Waals surface area contributed by atoms with Gasteiger partial charge >= 0.3 is 0 Å². The molecule has 1 fully saturated rings. The summed E-state index contributed by atoms with van der Waals surface area (Å²) in [5.41, 5.74) is 0.465. The second-order valence-corrected chi connectivity index (χ2v) is 4.12. The summed E-state index contributed by atoms with van der Waals surface area (Å²) < 4.78 is 0. The number of hydrogen-bond acceptors (Lipinski definition) is 1. The van der Waals surface area contributed by atoms with Crippen LogP contribution < -0.4 is 5.32 Å². The van der Waals surface area contributed by atoms with Gasteiger partial charge in [0.25, 0.3) is 0 Å². The maximum absolute atomic E-state index is 3.78. The molecule has 0 amide bonds. The fourth-order valence-corrected chi connectivity index (χ4v) is 1.84. The van der Waals surface area contributed by atoms with E-state index in [9.17, 15) is 0 Å². The van der Waals surface area contributed by atoms with Crippen molar-refractivity contribution in [3.63, 3.8) is 0 Å². The lowest BCUT2D eigenvalue weighted by Gasteiger charge is -2.39. The predicted octanol–water partition coefficient (Wildman–Crippen LogP) is 2.34. The van der Waals surface area contributed by atoms with Gasteiger partial charge in [-0.05, 0) is 31.2 Å². The van der Waals surface area contributed by atoms with Crippen molar-refractivity contribution in [1.29, 1.82) is 0 Å². The molecule has 1 N–H and O–H groups in total. The van der Waals surface area contributed by atoms with E-state index in [4.69, 9.17) is 0 Å². The Kier molecular flexibility index (Phi) is 2.72. The molecule has 1 nitrogen and oxygen atoms in total. The van der Waals surface area contributed by atoms with Gasteiger partial charge in [-0.15, -0.1) is 6.58 Å². The number of rotatable bonds is 2. The molecular formula is C10H19N. The van der Waals surface area contributed by atoms with E-state index in [2.05, 4.69) is 25.7 Å². The van der Waals surface area contributed by atoms with Crippen LogP contribution in [0.3, 0.4) is 0 Å². The second kappa shape index (κ2) is 3.40. The van der Waals surface area contributed by atoms with E-state index in [1.54, 1.807) is 0 Å². The molecule has 1 atom stereocenters. The Morgan fingerprint density at radius 3 is 2.91 bits per heavy atom. The van der Waals surface area contributed by atoms with Crippen LogP contribution in [0.2, 0.25) is 0 Å². The highest BCUT2D eigenvalue weighted by Gasteiger charge is 2.30. The highest BCUT2D eigenvalue weighted by molar-refractivity contribution is 4.91. The highest BCUT2D eigenvalue weighted by Crippen LogP contribution is 2.31. The van der Waals surface area contributed by atoms with Crippen molar-refractivity contribution >= 4 is 0 Å². The zero-order chi connectivity index (χ0) is 8.32. The fourth-order valence-electron chi connectivity index (χ4n) is 1.84. The molecule has 0 aromatic rings. The first-order chi connectivity index (χ1) is 5.17. The molecule has 0 bridgehead atoms. The van der Waals surface area contributed by atoms with Crippen LogP contribution in [0.5, 0.6) is 0 Å². The molecule has 0 aromatic heterocycles. The monoisotopic (exact) mass is 153 g/mol. The predicted molar refractivity (Wildman–Crippen MR) is 49.6 cm³/mol. The SMILES string of the molecule is C=CC[C@@H]1NCCCC1(C)C. The largest absolute Gasteiger partial charge is 0.313 e. The van der Waals surface area contributed by atoms with Crippen molar-refractivity contribution in [2.75, 3.05) is 6.54 Å². The molecule has 1 aliphatic rings. The van der Waals surface area contributed by atoms with Crippen LogP contribution in [-0.2, 0) is 0 Å². The summed E-state index contributed by atoms with van der Waals surface area (Å²) in [5.74, 6) is 0. The van der Waals surface area contributed by atoms with Crippen molar-refractivity contribution in [3.8, 4) is 0 Å². The summed E-state index contributed by atoms with van der Waals surface area (Å²) in [4.78, 5) is 0. The minimum Gasteiger partial charge on any atom is -0.313 e. The van der Waals surface area contributed by atoms with Gasteiger partial charge in [0.15, 0.2) is 0 Å². The third-order valence-electron chi connectivity index (χ3n) is 2.73. The average Bonchev–Trinajstić information content (AvgIpc) is 1.94. The Hall–Kier alpha value is -0.300. The molecule has 0 spiro atoms. The van der Waals surface area contributed by atoms with E-state index in [1.165, 1.54) is 19.4 Å². The molecule has 1 aliphatic heterocycles. The van der Waals surface area contributed by atoms with Gasteiger partial charge in [-0.25, -0.2) is 0 Å². The quantitative estimate of drug-likeness (QED) is 0.600. The van der Waals surface area contributed by atoms with Crippen molar-refractivity contribution < 1.29 is 0 Å². The van der Waals surface area contributed by atoms with Crippen molar-refractivity contribution in [2.45, 2.75) is 39.2 Å². The second-order valence-electron chi connectivity index (χ2n) is 4.12. The summed E-state index contributed by atoms with van der Waals surface area (Å²) in [6.45, 7) is 9.64.